The van der Waals surface area contributed by atoms with Gasteiger partial charge in [-0.15, -0.1) is 11.3 Å². The predicted molar refractivity (Wildman–Crippen MR) is 88.3 cm³/mol. The molecule has 10 heteroatoms. The van der Waals surface area contributed by atoms with E-state index in [-0.39, 0.29) is 5.56 Å². The summed E-state index contributed by atoms with van der Waals surface area (Å²) in [6, 6.07) is 0.164. The van der Waals surface area contributed by atoms with Gasteiger partial charge in [0, 0.05) is 36.4 Å². The smallest absolute Gasteiger partial charge is 0.344 e. The molecule has 3 aromatic rings. The van der Waals surface area contributed by atoms with Crippen LogP contribution in [0.25, 0.3) is 10.7 Å². The Bertz CT molecular complexity index is 914. The predicted octanol–water partition coefficient (Wildman–Crippen LogP) is 3.50. The van der Waals surface area contributed by atoms with Gasteiger partial charge in [-0.3, -0.25) is 19.7 Å². The Morgan fingerprint density at radius 2 is 1.92 bits per heavy atom. The zero-order valence-electron chi connectivity index (χ0n) is 13.4. The van der Waals surface area contributed by atoms with Crippen LogP contribution in [0, 0.1) is 0 Å². The van der Waals surface area contributed by atoms with E-state index >= 15 is 0 Å². The second-order valence-corrected chi connectivity index (χ2v) is 6.18. The molecule has 0 bridgehead atoms. The summed E-state index contributed by atoms with van der Waals surface area (Å²) in [6.07, 6.45) is 1.78. The van der Waals surface area contributed by atoms with Gasteiger partial charge >= 0.3 is 6.18 Å². The summed E-state index contributed by atoms with van der Waals surface area (Å²) in [4.78, 5) is 28.5. The molecule has 0 radical (unpaired) electrons. The average Bonchev–Trinajstić information content (AvgIpc) is 3.15. The van der Waals surface area contributed by atoms with Crippen LogP contribution in [0.5, 0.6) is 0 Å². The summed E-state index contributed by atoms with van der Waals surface area (Å²) in [5.74, 6) is -0.688. The highest BCUT2D eigenvalue weighted by molar-refractivity contribution is 7.13. The van der Waals surface area contributed by atoms with Crippen molar-refractivity contribution in [3.63, 3.8) is 0 Å². The zero-order valence-corrected chi connectivity index (χ0v) is 14.2. The van der Waals surface area contributed by atoms with Crippen LogP contribution in [-0.2, 0) is 6.18 Å². The highest BCUT2D eigenvalue weighted by Gasteiger charge is 2.31. The van der Waals surface area contributed by atoms with Gasteiger partial charge in [-0.2, -0.15) is 13.2 Å². The molecule has 0 aliphatic heterocycles. The number of thiazole rings is 1. The molecule has 0 saturated carbocycles. The molecule has 0 fully saturated rings. The van der Waals surface area contributed by atoms with Crippen molar-refractivity contribution in [1.82, 2.24) is 25.3 Å². The van der Waals surface area contributed by atoms with Gasteiger partial charge in [0.2, 0.25) is 0 Å². The van der Waals surface area contributed by atoms with Gasteiger partial charge in [0.05, 0.1) is 22.9 Å². The fourth-order valence-electron chi connectivity index (χ4n) is 2.24. The SMILES string of the molecule is C[C@@H](NC(=O)c1cncc(C(F)(F)F)c1)c1nccnc1-c1nccs1. The van der Waals surface area contributed by atoms with E-state index < -0.39 is 23.7 Å². The first-order valence-corrected chi connectivity index (χ1v) is 8.28. The van der Waals surface area contributed by atoms with Crippen molar-refractivity contribution < 1.29 is 18.0 Å². The third-order valence-electron chi connectivity index (χ3n) is 3.45. The van der Waals surface area contributed by atoms with Crippen LogP contribution in [0.2, 0.25) is 0 Å². The van der Waals surface area contributed by atoms with Gasteiger partial charge in [-0.25, -0.2) is 4.98 Å². The van der Waals surface area contributed by atoms with Crippen LogP contribution in [-0.4, -0.2) is 25.8 Å². The fourth-order valence-corrected chi connectivity index (χ4v) is 2.88. The van der Waals surface area contributed by atoms with Crippen LogP contribution in [0.15, 0.2) is 42.4 Å². The number of hydrogen-bond acceptors (Lipinski definition) is 6. The van der Waals surface area contributed by atoms with Crippen LogP contribution >= 0.6 is 11.3 Å². The van der Waals surface area contributed by atoms with Gasteiger partial charge in [-0.1, -0.05) is 0 Å². The lowest BCUT2D eigenvalue weighted by molar-refractivity contribution is -0.137. The van der Waals surface area contributed by atoms with E-state index in [0.29, 0.717) is 22.6 Å². The van der Waals surface area contributed by atoms with E-state index in [1.54, 1.807) is 18.5 Å². The molecule has 1 amide bonds. The fraction of sp³-hybridized carbons (Fsp3) is 0.188. The van der Waals surface area contributed by atoms with Gasteiger partial charge in [0.25, 0.3) is 5.91 Å². The second-order valence-electron chi connectivity index (χ2n) is 5.28. The van der Waals surface area contributed by atoms with Crippen molar-refractivity contribution in [3.05, 3.63) is 59.3 Å². The summed E-state index contributed by atoms with van der Waals surface area (Å²) in [5.41, 5.74) is -0.194. The molecular formula is C16H12F3N5OS. The Balaban J connectivity index is 1.83. The van der Waals surface area contributed by atoms with Crippen LogP contribution in [0.1, 0.15) is 34.6 Å². The molecule has 0 aliphatic rings. The summed E-state index contributed by atoms with van der Waals surface area (Å²) in [6.45, 7) is 1.67. The molecule has 0 aromatic carbocycles. The van der Waals surface area contributed by atoms with Crippen molar-refractivity contribution in [2.75, 3.05) is 0 Å². The van der Waals surface area contributed by atoms with Crippen molar-refractivity contribution in [3.8, 4) is 10.7 Å². The van der Waals surface area contributed by atoms with Crippen molar-refractivity contribution in [2.24, 2.45) is 0 Å². The maximum atomic E-state index is 12.8. The quantitative estimate of drug-likeness (QED) is 0.750. The molecule has 0 aliphatic carbocycles. The standard InChI is InChI=1S/C16H12F3N5OS/c1-9(12-13(22-3-2-21-12)15-23-4-5-26-15)24-14(25)10-6-11(8-20-7-10)16(17,18)19/h2-9H,1H3,(H,24,25)/t9-/m1/s1. The van der Waals surface area contributed by atoms with Crippen LogP contribution < -0.4 is 5.32 Å². The molecule has 0 unspecified atom stereocenters. The first-order chi connectivity index (χ1) is 12.4. The summed E-state index contributed by atoms with van der Waals surface area (Å²) >= 11 is 1.37. The average molecular weight is 379 g/mol. The molecule has 1 atom stereocenters. The maximum absolute atomic E-state index is 12.8. The number of nitrogens with zero attached hydrogens (tertiary/aromatic N) is 4. The molecule has 0 spiro atoms. The highest BCUT2D eigenvalue weighted by Crippen LogP contribution is 2.29. The van der Waals surface area contributed by atoms with E-state index in [9.17, 15) is 18.0 Å². The second kappa shape index (κ2) is 7.16. The molecule has 3 rings (SSSR count). The number of carbonyl (C=O) groups is 1. The first-order valence-electron chi connectivity index (χ1n) is 7.40. The molecule has 0 saturated heterocycles. The Kier molecular flexibility index (Phi) is 4.94. The first kappa shape index (κ1) is 17.9. The van der Waals surface area contributed by atoms with Crippen molar-refractivity contribution in [1.29, 1.82) is 0 Å². The highest BCUT2D eigenvalue weighted by atomic mass is 32.1. The lowest BCUT2D eigenvalue weighted by Crippen LogP contribution is -2.28. The van der Waals surface area contributed by atoms with Crippen molar-refractivity contribution in [2.45, 2.75) is 19.1 Å². The number of alkyl halides is 3. The number of pyridine rings is 1. The van der Waals surface area contributed by atoms with Gasteiger partial charge in [0.15, 0.2) is 0 Å². The van der Waals surface area contributed by atoms with Gasteiger partial charge < -0.3 is 5.32 Å². The normalized spacial score (nSPS) is 12.6. The lowest BCUT2D eigenvalue weighted by Gasteiger charge is -2.16. The van der Waals surface area contributed by atoms with Gasteiger partial charge in [-0.05, 0) is 13.0 Å². The topological polar surface area (TPSA) is 80.7 Å². The number of hydrogen-bond donors (Lipinski definition) is 1. The maximum Gasteiger partial charge on any atom is 0.417 e. The minimum absolute atomic E-state index is 0.189. The van der Waals surface area contributed by atoms with Gasteiger partial charge in [0.1, 0.15) is 10.7 Å². The number of nitrogens with one attached hydrogen (secondary N) is 1. The van der Waals surface area contributed by atoms with E-state index in [2.05, 4.69) is 25.3 Å². The Hall–Kier alpha value is -2.88. The van der Waals surface area contributed by atoms with E-state index in [0.717, 1.165) is 12.3 Å². The molecule has 1 N–H and O–H groups in total. The van der Waals surface area contributed by atoms with E-state index in [4.69, 9.17) is 0 Å². The summed E-state index contributed by atoms with van der Waals surface area (Å²) < 4.78 is 38.3. The van der Waals surface area contributed by atoms with Crippen LogP contribution in [0.4, 0.5) is 13.2 Å². The Labute approximate surface area is 150 Å². The number of halogens is 3. The monoisotopic (exact) mass is 379 g/mol. The number of carbonyl (C=O) groups excluding carboxylic acids is 1. The van der Waals surface area contributed by atoms with Crippen molar-refractivity contribution >= 4 is 17.2 Å². The van der Waals surface area contributed by atoms with Crippen LogP contribution in [0.3, 0.4) is 0 Å². The molecule has 3 aromatic heterocycles. The minimum Gasteiger partial charge on any atom is -0.344 e. The van der Waals surface area contributed by atoms with E-state index in [1.807, 2.05) is 0 Å². The van der Waals surface area contributed by atoms with E-state index in [1.165, 1.54) is 23.7 Å². The Morgan fingerprint density at radius 1 is 1.15 bits per heavy atom. The number of aromatic nitrogens is 4. The molecule has 134 valence electrons. The number of amides is 1. The zero-order chi connectivity index (χ0) is 18.7. The molecular weight excluding hydrogens is 367 g/mol. The molecule has 26 heavy (non-hydrogen) atoms. The number of rotatable bonds is 4. The lowest BCUT2D eigenvalue weighted by atomic mass is 10.1. The largest absolute Gasteiger partial charge is 0.417 e. The summed E-state index contributed by atoms with van der Waals surface area (Å²) in [5, 5.41) is 5.04. The summed E-state index contributed by atoms with van der Waals surface area (Å²) in [7, 11) is 0. The molecule has 3 heterocycles. The third kappa shape index (κ3) is 3.85. The Morgan fingerprint density at radius 3 is 2.62 bits per heavy atom. The molecule has 6 nitrogen and oxygen atoms in total. The minimum atomic E-state index is -4.57. The third-order valence-corrected chi connectivity index (χ3v) is 4.23.